The van der Waals surface area contributed by atoms with Crippen molar-refractivity contribution in [1.29, 1.82) is 0 Å². The van der Waals surface area contributed by atoms with Crippen LogP contribution in [-0.2, 0) is 13.1 Å². The Bertz CT molecular complexity index is 570. The van der Waals surface area contributed by atoms with Crippen LogP contribution in [0.15, 0.2) is 24.5 Å². The second-order valence-electron chi connectivity index (χ2n) is 5.46. The molecule has 0 saturated heterocycles. The van der Waals surface area contributed by atoms with Crippen LogP contribution < -0.4 is 10.2 Å². The molecule has 0 saturated carbocycles. The lowest BCUT2D eigenvalue weighted by atomic mass is 10.2. The summed E-state index contributed by atoms with van der Waals surface area (Å²) in [5.74, 6) is 1.51. The van der Waals surface area contributed by atoms with Crippen LogP contribution in [0.3, 0.4) is 0 Å². The van der Waals surface area contributed by atoms with E-state index >= 15 is 0 Å². The van der Waals surface area contributed by atoms with E-state index in [9.17, 15) is 0 Å². The van der Waals surface area contributed by atoms with Gasteiger partial charge >= 0.3 is 0 Å². The van der Waals surface area contributed by atoms with Gasteiger partial charge in [-0.05, 0) is 24.6 Å². The fourth-order valence-corrected chi connectivity index (χ4v) is 3.05. The van der Waals surface area contributed by atoms with Gasteiger partial charge in [-0.25, -0.2) is 4.98 Å². The molecule has 2 rings (SSSR count). The number of hydrogen-bond donors (Lipinski definition) is 1. The van der Waals surface area contributed by atoms with Gasteiger partial charge in [0.25, 0.3) is 0 Å². The maximum atomic E-state index is 5.96. The monoisotopic (exact) mass is 324 g/mol. The molecule has 21 heavy (non-hydrogen) atoms. The summed E-state index contributed by atoms with van der Waals surface area (Å²) in [5.41, 5.74) is 0.962. The van der Waals surface area contributed by atoms with Crippen molar-refractivity contribution in [3.63, 3.8) is 0 Å². The number of halogens is 1. The van der Waals surface area contributed by atoms with Gasteiger partial charge < -0.3 is 10.2 Å². The van der Waals surface area contributed by atoms with Gasteiger partial charge in [-0.3, -0.25) is 4.98 Å². The van der Waals surface area contributed by atoms with E-state index in [1.807, 2.05) is 25.4 Å². The Morgan fingerprint density at radius 3 is 2.81 bits per heavy atom. The van der Waals surface area contributed by atoms with Gasteiger partial charge in [0.15, 0.2) is 0 Å². The zero-order chi connectivity index (χ0) is 15.2. The Balaban J connectivity index is 1.95. The lowest BCUT2D eigenvalue weighted by Crippen LogP contribution is -2.21. The molecule has 2 heterocycles. The van der Waals surface area contributed by atoms with Crippen LogP contribution >= 0.6 is 22.9 Å². The molecule has 0 amide bonds. The number of nitrogens with one attached hydrogen (secondary N) is 1. The van der Waals surface area contributed by atoms with E-state index in [4.69, 9.17) is 11.6 Å². The fourth-order valence-electron chi connectivity index (χ4n) is 1.90. The summed E-state index contributed by atoms with van der Waals surface area (Å²) in [6.45, 7) is 6.89. The summed E-state index contributed by atoms with van der Waals surface area (Å²) in [6.07, 6.45) is 3.60. The molecular formula is C15H21ClN4S. The SMILES string of the molecule is CC(C)CNCc1cncc(N(C)Cc2ccc(Cl)s2)n1. The van der Waals surface area contributed by atoms with Crippen molar-refractivity contribution in [3.8, 4) is 0 Å². The molecule has 0 aliphatic heterocycles. The lowest BCUT2D eigenvalue weighted by molar-refractivity contribution is 0.547. The predicted molar refractivity (Wildman–Crippen MR) is 90.0 cm³/mol. The van der Waals surface area contributed by atoms with Crippen LogP contribution in [0.5, 0.6) is 0 Å². The lowest BCUT2D eigenvalue weighted by Gasteiger charge is -2.17. The number of anilines is 1. The van der Waals surface area contributed by atoms with E-state index in [1.54, 1.807) is 17.5 Å². The molecule has 0 aromatic carbocycles. The molecule has 1 N–H and O–H groups in total. The van der Waals surface area contributed by atoms with Gasteiger partial charge in [0.05, 0.1) is 22.8 Å². The van der Waals surface area contributed by atoms with E-state index < -0.39 is 0 Å². The largest absolute Gasteiger partial charge is 0.353 e. The minimum absolute atomic E-state index is 0.632. The van der Waals surface area contributed by atoms with Gasteiger partial charge in [-0.1, -0.05) is 25.4 Å². The van der Waals surface area contributed by atoms with Crippen molar-refractivity contribution in [3.05, 3.63) is 39.4 Å². The Hall–Kier alpha value is -1.17. The third-order valence-electron chi connectivity index (χ3n) is 2.94. The van der Waals surface area contributed by atoms with E-state index in [1.165, 1.54) is 4.88 Å². The van der Waals surface area contributed by atoms with Crippen LogP contribution in [0.2, 0.25) is 4.34 Å². The third kappa shape index (κ3) is 5.26. The highest BCUT2D eigenvalue weighted by atomic mass is 35.5. The fraction of sp³-hybridized carbons (Fsp3) is 0.467. The molecule has 0 unspecified atom stereocenters. The van der Waals surface area contributed by atoms with Crippen molar-refractivity contribution >= 4 is 28.8 Å². The highest BCUT2D eigenvalue weighted by Gasteiger charge is 2.07. The smallest absolute Gasteiger partial charge is 0.147 e. The maximum absolute atomic E-state index is 5.96. The van der Waals surface area contributed by atoms with E-state index in [2.05, 4.69) is 34.0 Å². The van der Waals surface area contributed by atoms with Gasteiger partial charge in [-0.15, -0.1) is 11.3 Å². The first kappa shape index (κ1) is 16.2. The molecular weight excluding hydrogens is 304 g/mol. The Morgan fingerprint density at radius 1 is 1.33 bits per heavy atom. The molecule has 2 aromatic heterocycles. The molecule has 0 radical (unpaired) electrons. The predicted octanol–water partition coefficient (Wildman–Crippen LogP) is 3.57. The van der Waals surface area contributed by atoms with E-state index in [0.717, 1.165) is 35.5 Å². The van der Waals surface area contributed by atoms with Crippen LogP contribution in [-0.4, -0.2) is 23.6 Å². The van der Waals surface area contributed by atoms with Crippen LogP contribution in [0.1, 0.15) is 24.4 Å². The summed E-state index contributed by atoms with van der Waals surface area (Å²) in [6, 6.07) is 3.97. The van der Waals surface area contributed by atoms with E-state index in [0.29, 0.717) is 5.92 Å². The second-order valence-corrected chi connectivity index (χ2v) is 7.25. The van der Waals surface area contributed by atoms with Crippen molar-refractivity contribution in [2.45, 2.75) is 26.9 Å². The minimum atomic E-state index is 0.632. The van der Waals surface area contributed by atoms with E-state index in [-0.39, 0.29) is 0 Å². The molecule has 0 aliphatic rings. The molecule has 0 bridgehead atoms. The standard InChI is InChI=1S/C15H21ClN4S/c1-11(2)6-17-7-12-8-18-9-15(19-12)20(3)10-13-4-5-14(16)21-13/h4-5,8-9,11,17H,6-7,10H2,1-3H3. The van der Waals surface area contributed by atoms with Gasteiger partial charge in [0.1, 0.15) is 5.82 Å². The Morgan fingerprint density at radius 2 is 2.14 bits per heavy atom. The molecule has 114 valence electrons. The molecule has 0 fully saturated rings. The molecule has 0 aliphatic carbocycles. The topological polar surface area (TPSA) is 41.1 Å². The summed E-state index contributed by atoms with van der Waals surface area (Å²) in [4.78, 5) is 12.2. The molecule has 0 spiro atoms. The minimum Gasteiger partial charge on any atom is -0.353 e. The normalized spacial score (nSPS) is 11.1. The number of hydrogen-bond acceptors (Lipinski definition) is 5. The first-order chi connectivity index (χ1) is 10.0. The first-order valence-electron chi connectivity index (χ1n) is 7.01. The van der Waals surface area contributed by atoms with Gasteiger partial charge in [0.2, 0.25) is 0 Å². The van der Waals surface area contributed by atoms with Crippen LogP contribution in [0, 0.1) is 5.92 Å². The number of rotatable bonds is 7. The number of aromatic nitrogens is 2. The van der Waals surface area contributed by atoms with Crippen molar-refractivity contribution < 1.29 is 0 Å². The summed E-state index contributed by atoms with van der Waals surface area (Å²) < 4.78 is 0.816. The van der Waals surface area contributed by atoms with Crippen LogP contribution in [0.4, 0.5) is 5.82 Å². The average Bonchev–Trinajstić information content (AvgIpc) is 2.84. The molecule has 0 atom stereocenters. The van der Waals surface area contributed by atoms with Crippen molar-refractivity contribution in [1.82, 2.24) is 15.3 Å². The highest BCUT2D eigenvalue weighted by Crippen LogP contribution is 2.23. The summed E-state index contributed by atoms with van der Waals surface area (Å²) in [5, 5.41) is 3.38. The molecule has 4 nitrogen and oxygen atoms in total. The first-order valence-corrected chi connectivity index (χ1v) is 8.21. The van der Waals surface area contributed by atoms with Crippen LogP contribution in [0.25, 0.3) is 0 Å². The second kappa shape index (κ2) is 7.73. The Kier molecular flexibility index (Phi) is 5.96. The van der Waals surface area contributed by atoms with Gasteiger partial charge in [0, 0.05) is 24.7 Å². The van der Waals surface area contributed by atoms with Crippen molar-refractivity contribution in [2.75, 3.05) is 18.5 Å². The Labute approximate surface area is 135 Å². The zero-order valence-electron chi connectivity index (χ0n) is 12.6. The summed E-state index contributed by atoms with van der Waals surface area (Å²) >= 11 is 7.56. The average molecular weight is 325 g/mol. The number of nitrogens with zero attached hydrogens (tertiary/aromatic N) is 3. The molecule has 2 aromatic rings. The third-order valence-corrected chi connectivity index (χ3v) is 4.16. The summed E-state index contributed by atoms with van der Waals surface area (Å²) in [7, 11) is 2.02. The number of thiophene rings is 1. The van der Waals surface area contributed by atoms with Gasteiger partial charge in [-0.2, -0.15) is 0 Å². The quantitative estimate of drug-likeness (QED) is 0.845. The zero-order valence-corrected chi connectivity index (χ0v) is 14.2. The maximum Gasteiger partial charge on any atom is 0.147 e. The highest BCUT2D eigenvalue weighted by molar-refractivity contribution is 7.16. The van der Waals surface area contributed by atoms with Crippen molar-refractivity contribution in [2.24, 2.45) is 5.92 Å². The molecule has 6 heteroatoms.